The van der Waals surface area contributed by atoms with Crippen LogP contribution in [0.25, 0.3) is 0 Å². The second-order valence-electron chi connectivity index (χ2n) is 10.6. The van der Waals surface area contributed by atoms with Crippen molar-refractivity contribution < 1.29 is 14.3 Å². The number of nitrogens with zero attached hydrogens (tertiary/aromatic N) is 3. The molecule has 5 rings (SSSR count). The highest BCUT2D eigenvalue weighted by Crippen LogP contribution is 2.43. The van der Waals surface area contributed by atoms with Crippen LogP contribution in [-0.4, -0.2) is 33.5 Å². The summed E-state index contributed by atoms with van der Waals surface area (Å²) in [6.07, 6.45) is 2.15. The minimum absolute atomic E-state index is 0.229. The van der Waals surface area contributed by atoms with Gasteiger partial charge in [-0.1, -0.05) is 61.0 Å². The van der Waals surface area contributed by atoms with Crippen LogP contribution in [0.5, 0.6) is 11.5 Å². The summed E-state index contributed by atoms with van der Waals surface area (Å²) in [5.41, 5.74) is 5.85. The van der Waals surface area contributed by atoms with E-state index in [-0.39, 0.29) is 5.91 Å². The molecule has 0 aliphatic carbocycles. The molecule has 0 radical (unpaired) electrons. The highest BCUT2D eigenvalue weighted by Gasteiger charge is 2.35. The molecule has 0 bridgehead atoms. The van der Waals surface area contributed by atoms with E-state index in [1.165, 1.54) is 0 Å². The number of aromatic nitrogens is 3. The number of methoxy groups -OCH3 is 1. The lowest BCUT2D eigenvalue weighted by atomic mass is 9.94. The van der Waals surface area contributed by atoms with Gasteiger partial charge in [0.25, 0.3) is 5.91 Å². The van der Waals surface area contributed by atoms with Crippen LogP contribution in [0.2, 0.25) is 5.02 Å². The normalized spacial score (nSPS) is 14.2. The summed E-state index contributed by atoms with van der Waals surface area (Å²) >= 11 is 11.4. The molecule has 0 spiro atoms. The molecule has 2 heterocycles. The molecule has 3 aromatic carbocycles. The molecule has 230 valence electrons. The van der Waals surface area contributed by atoms with Crippen molar-refractivity contribution in [2.24, 2.45) is 0 Å². The van der Waals surface area contributed by atoms with Crippen molar-refractivity contribution >= 4 is 56.8 Å². The fourth-order valence-electron chi connectivity index (χ4n) is 4.95. The number of rotatable bonds is 11. The smallest absolute Gasteiger partial charge is 0.255 e. The monoisotopic (exact) mass is 695 g/mol. The van der Waals surface area contributed by atoms with Gasteiger partial charge in [-0.05, 0) is 95.7 Å². The summed E-state index contributed by atoms with van der Waals surface area (Å²) in [7, 11) is 1.60. The Bertz CT molecular complexity index is 1710. The maximum absolute atomic E-state index is 14.1. The molecule has 0 saturated carbocycles. The summed E-state index contributed by atoms with van der Waals surface area (Å²) in [5.74, 6) is 2.33. The number of aryl methyl sites for hydroxylation is 1. The number of thioether (sulfide) groups is 1. The van der Waals surface area contributed by atoms with Crippen LogP contribution in [0.15, 0.2) is 75.5 Å². The van der Waals surface area contributed by atoms with Crippen molar-refractivity contribution in [3.63, 3.8) is 0 Å². The number of unbranched alkanes of at least 4 members (excludes halogenated alkanes) is 1. The first kappa shape index (κ1) is 31.9. The fourth-order valence-corrected chi connectivity index (χ4v) is 6.57. The SMILES string of the molecule is CCCCSc1nc2n(n1)C(c1cc(Br)c(OCc3ccc(Cl)cc3)c(OC)c1)C(C(=O)Nc1cccc(C)c1C)=C(C)N2. The first-order valence-electron chi connectivity index (χ1n) is 14.4. The highest BCUT2D eigenvalue weighted by atomic mass is 79.9. The van der Waals surface area contributed by atoms with Crippen LogP contribution in [0.1, 0.15) is 55.0 Å². The second kappa shape index (κ2) is 14.1. The lowest BCUT2D eigenvalue weighted by Gasteiger charge is -2.29. The summed E-state index contributed by atoms with van der Waals surface area (Å²) in [5, 5.41) is 12.7. The van der Waals surface area contributed by atoms with Gasteiger partial charge < -0.3 is 20.1 Å². The molecule has 1 aliphatic heterocycles. The molecular formula is C33H35BrClN5O3S. The van der Waals surface area contributed by atoms with Crippen molar-refractivity contribution in [3.8, 4) is 11.5 Å². The van der Waals surface area contributed by atoms with Crippen LogP contribution in [0.3, 0.4) is 0 Å². The van der Waals surface area contributed by atoms with Gasteiger partial charge in [0.15, 0.2) is 11.5 Å². The maximum atomic E-state index is 14.1. The van der Waals surface area contributed by atoms with Crippen molar-refractivity contribution in [1.29, 1.82) is 0 Å². The van der Waals surface area contributed by atoms with Crippen LogP contribution in [0, 0.1) is 13.8 Å². The van der Waals surface area contributed by atoms with Crippen LogP contribution in [-0.2, 0) is 11.4 Å². The molecule has 1 amide bonds. The Morgan fingerprint density at radius 3 is 2.66 bits per heavy atom. The van der Waals surface area contributed by atoms with E-state index in [0.29, 0.717) is 50.0 Å². The third-order valence-corrected chi connectivity index (χ3v) is 9.29. The first-order valence-corrected chi connectivity index (χ1v) is 16.5. The largest absolute Gasteiger partial charge is 0.493 e. The van der Waals surface area contributed by atoms with Crippen molar-refractivity contribution in [3.05, 3.63) is 97.6 Å². The summed E-state index contributed by atoms with van der Waals surface area (Å²) < 4.78 is 14.5. The Morgan fingerprint density at radius 1 is 1.16 bits per heavy atom. The van der Waals surface area contributed by atoms with Gasteiger partial charge in [-0.2, -0.15) is 4.98 Å². The number of anilines is 2. The second-order valence-corrected chi connectivity index (χ2v) is 12.9. The minimum atomic E-state index is -0.583. The van der Waals surface area contributed by atoms with Crippen LogP contribution < -0.4 is 20.1 Å². The lowest BCUT2D eigenvalue weighted by molar-refractivity contribution is -0.113. The number of amides is 1. The molecule has 2 N–H and O–H groups in total. The molecular weight excluding hydrogens is 662 g/mol. The van der Waals surface area contributed by atoms with Crippen LogP contribution in [0.4, 0.5) is 11.6 Å². The summed E-state index contributed by atoms with van der Waals surface area (Å²) in [6.45, 7) is 8.41. The Hall–Kier alpha value is -3.47. The number of carbonyl (C=O) groups excluding carboxylic acids is 1. The Balaban J connectivity index is 1.55. The Morgan fingerprint density at radius 2 is 1.93 bits per heavy atom. The molecule has 0 saturated heterocycles. The maximum Gasteiger partial charge on any atom is 0.255 e. The van der Waals surface area contributed by atoms with Gasteiger partial charge in [-0.25, -0.2) is 4.68 Å². The van der Waals surface area contributed by atoms with Crippen molar-refractivity contribution in [1.82, 2.24) is 14.8 Å². The molecule has 11 heteroatoms. The fraction of sp³-hybridized carbons (Fsp3) is 0.303. The number of fused-ring (bicyclic) bond motifs is 1. The number of benzene rings is 3. The van der Waals surface area contributed by atoms with Crippen LogP contribution >= 0.6 is 39.3 Å². The molecule has 1 atom stereocenters. The zero-order chi connectivity index (χ0) is 31.4. The van der Waals surface area contributed by atoms with E-state index in [1.807, 2.05) is 75.4 Å². The van der Waals surface area contributed by atoms with Gasteiger partial charge in [-0.3, -0.25) is 4.79 Å². The minimum Gasteiger partial charge on any atom is -0.493 e. The molecule has 1 unspecified atom stereocenters. The lowest BCUT2D eigenvalue weighted by Crippen LogP contribution is -2.31. The zero-order valence-electron chi connectivity index (χ0n) is 25.3. The summed E-state index contributed by atoms with van der Waals surface area (Å²) in [4.78, 5) is 18.9. The third kappa shape index (κ3) is 6.92. The zero-order valence-corrected chi connectivity index (χ0v) is 28.5. The quantitative estimate of drug-likeness (QED) is 0.120. The molecule has 44 heavy (non-hydrogen) atoms. The van der Waals surface area contributed by atoms with E-state index in [2.05, 4.69) is 33.5 Å². The van der Waals surface area contributed by atoms with Gasteiger partial charge in [-0.15, -0.1) is 5.10 Å². The average Bonchev–Trinajstić information content (AvgIpc) is 3.40. The molecule has 1 aliphatic rings. The van der Waals surface area contributed by atoms with Crippen molar-refractivity contribution in [2.45, 2.75) is 58.3 Å². The Labute approximate surface area is 275 Å². The topological polar surface area (TPSA) is 90.3 Å². The van der Waals surface area contributed by atoms with E-state index in [0.717, 1.165) is 46.5 Å². The van der Waals surface area contributed by atoms with Gasteiger partial charge >= 0.3 is 0 Å². The molecule has 4 aromatic rings. The first-order chi connectivity index (χ1) is 21.2. The number of allylic oxidation sites excluding steroid dienone is 1. The van der Waals surface area contributed by atoms with Gasteiger partial charge in [0.1, 0.15) is 12.6 Å². The van der Waals surface area contributed by atoms with Gasteiger partial charge in [0, 0.05) is 22.2 Å². The predicted octanol–water partition coefficient (Wildman–Crippen LogP) is 8.72. The van der Waals surface area contributed by atoms with Gasteiger partial charge in [0.2, 0.25) is 11.1 Å². The van der Waals surface area contributed by atoms with E-state index in [4.69, 9.17) is 31.2 Å². The van der Waals surface area contributed by atoms with E-state index < -0.39 is 6.04 Å². The average molecular weight is 697 g/mol. The van der Waals surface area contributed by atoms with Crippen molar-refractivity contribution in [2.75, 3.05) is 23.5 Å². The number of ether oxygens (including phenoxy) is 2. The molecule has 1 aromatic heterocycles. The van der Waals surface area contributed by atoms with E-state index in [1.54, 1.807) is 23.6 Å². The number of carbonyl (C=O) groups is 1. The highest BCUT2D eigenvalue weighted by molar-refractivity contribution is 9.10. The van der Waals surface area contributed by atoms with E-state index in [9.17, 15) is 4.79 Å². The number of hydrogen-bond donors (Lipinski definition) is 2. The predicted molar refractivity (Wildman–Crippen MR) is 181 cm³/mol. The standard InChI is InChI=1S/C33H35BrClN5O3S/c1-6-7-15-44-33-38-32-36-21(4)28(31(41)37-26-10-8-9-19(2)20(26)3)29(40(32)39-33)23-16-25(34)30(27(17-23)42-5)43-18-22-11-13-24(35)14-12-22/h8-14,16-17,29H,6-7,15,18H2,1-5H3,(H,37,41)(H,36,38,39). The Kier molecular flexibility index (Phi) is 10.2. The number of nitrogens with one attached hydrogen (secondary N) is 2. The third-order valence-electron chi connectivity index (χ3n) is 7.52. The summed E-state index contributed by atoms with van der Waals surface area (Å²) in [6, 6.07) is 16.6. The number of halogens is 2. The molecule has 0 fully saturated rings. The molecule has 8 nitrogen and oxygen atoms in total. The van der Waals surface area contributed by atoms with E-state index >= 15 is 0 Å². The number of hydrogen-bond acceptors (Lipinski definition) is 7. The van der Waals surface area contributed by atoms with Gasteiger partial charge in [0.05, 0.1) is 17.2 Å².